The van der Waals surface area contributed by atoms with Gasteiger partial charge in [-0.15, -0.1) is 11.3 Å². The van der Waals surface area contributed by atoms with Crippen molar-refractivity contribution in [2.75, 3.05) is 6.61 Å². The van der Waals surface area contributed by atoms with E-state index in [4.69, 9.17) is 4.74 Å². The average molecular weight is 290 g/mol. The van der Waals surface area contributed by atoms with Crippen LogP contribution in [0.1, 0.15) is 30.7 Å². The van der Waals surface area contributed by atoms with Crippen LogP contribution in [-0.2, 0) is 16.1 Å². The summed E-state index contributed by atoms with van der Waals surface area (Å²) in [7, 11) is 0. The van der Waals surface area contributed by atoms with Crippen LogP contribution in [0.3, 0.4) is 0 Å². The first-order chi connectivity index (χ1) is 9.81. The van der Waals surface area contributed by atoms with Gasteiger partial charge in [-0.2, -0.15) is 0 Å². The topological polar surface area (TPSA) is 51.2 Å². The maximum Gasteiger partial charge on any atom is 0.220 e. The van der Waals surface area contributed by atoms with Crippen molar-refractivity contribution in [2.24, 2.45) is 0 Å². The zero-order chi connectivity index (χ0) is 13.8. The van der Waals surface area contributed by atoms with Crippen molar-refractivity contribution in [1.82, 2.24) is 10.3 Å². The number of para-hydroxylation sites is 1. The van der Waals surface area contributed by atoms with Crippen molar-refractivity contribution in [1.29, 1.82) is 0 Å². The summed E-state index contributed by atoms with van der Waals surface area (Å²) in [6.45, 7) is 1.36. The molecular formula is C15H18N2O2S. The highest BCUT2D eigenvalue weighted by molar-refractivity contribution is 7.18. The van der Waals surface area contributed by atoms with Crippen molar-refractivity contribution in [3.8, 4) is 0 Å². The number of amides is 1. The van der Waals surface area contributed by atoms with Crippen LogP contribution in [0.5, 0.6) is 0 Å². The lowest BCUT2D eigenvalue weighted by molar-refractivity contribution is -0.121. The molecule has 1 fully saturated rings. The number of hydrogen-bond donors (Lipinski definition) is 1. The molecule has 1 aromatic heterocycles. The maximum absolute atomic E-state index is 11.8. The summed E-state index contributed by atoms with van der Waals surface area (Å²) in [5, 5.41) is 3.89. The zero-order valence-corrected chi connectivity index (χ0v) is 12.1. The van der Waals surface area contributed by atoms with Gasteiger partial charge in [0, 0.05) is 13.0 Å². The van der Waals surface area contributed by atoms with Gasteiger partial charge in [0.25, 0.3) is 0 Å². The van der Waals surface area contributed by atoms with Crippen LogP contribution in [0, 0.1) is 0 Å². The Hall–Kier alpha value is -1.46. The molecule has 3 rings (SSSR count). The third-order valence-electron chi connectivity index (χ3n) is 3.49. The second-order valence-electron chi connectivity index (χ2n) is 5.03. The van der Waals surface area contributed by atoms with Crippen LogP contribution in [0.2, 0.25) is 0 Å². The van der Waals surface area contributed by atoms with E-state index in [1.54, 1.807) is 11.3 Å². The van der Waals surface area contributed by atoms with Gasteiger partial charge in [0.05, 0.1) is 22.9 Å². The summed E-state index contributed by atoms with van der Waals surface area (Å²) in [4.78, 5) is 16.3. The molecule has 4 nitrogen and oxygen atoms in total. The number of carbonyl (C=O) groups is 1. The number of carbonyl (C=O) groups excluding carboxylic acids is 1. The number of hydrogen-bond acceptors (Lipinski definition) is 4. The van der Waals surface area contributed by atoms with Crippen LogP contribution < -0.4 is 5.32 Å². The fraction of sp³-hybridized carbons (Fsp3) is 0.467. The standard InChI is InChI=1S/C15H18N2O2S/c18-14(8-7-11-4-3-9-19-11)16-10-15-17-12-5-1-2-6-13(12)20-15/h1-2,5-6,11H,3-4,7-10H2,(H,16,18). The third kappa shape index (κ3) is 3.35. The van der Waals surface area contributed by atoms with Crippen molar-refractivity contribution in [2.45, 2.75) is 38.3 Å². The molecular weight excluding hydrogens is 272 g/mol. The van der Waals surface area contributed by atoms with Crippen LogP contribution in [0.25, 0.3) is 10.2 Å². The molecule has 0 saturated carbocycles. The van der Waals surface area contributed by atoms with Gasteiger partial charge >= 0.3 is 0 Å². The molecule has 0 radical (unpaired) electrons. The number of nitrogens with one attached hydrogen (secondary N) is 1. The summed E-state index contributed by atoms with van der Waals surface area (Å²) >= 11 is 1.63. The van der Waals surface area contributed by atoms with E-state index in [1.807, 2.05) is 18.2 Å². The first-order valence-electron chi connectivity index (χ1n) is 7.04. The van der Waals surface area contributed by atoms with Gasteiger partial charge in [0.1, 0.15) is 5.01 Å². The van der Waals surface area contributed by atoms with Gasteiger partial charge in [-0.25, -0.2) is 4.98 Å². The van der Waals surface area contributed by atoms with Gasteiger partial charge in [-0.3, -0.25) is 4.79 Å². The van der Waals surface area contributed by atoms with E-state index >= 15 is 0 Å². The lowest BCUT2D eigenvalue weighted by Gasteiger charge is -2.08. The summed E-state index contributed by atoms with van der Waals surface area (Å²) in [6, 6.07) is 8.03. The third-order valence-corrected chi connectivity index (χ3v) is 4.53. The molecule has 1 aliphatic rings. The minimum atomic E-state index is 0.0831. The molecule has 2 aromatic rings. The number of benzene rings is 1. The minimum Gasteiger partial charge on any atom is -0.378 e. The number of thiazole rings is 1. The van der Waals surface area contributed by atoms with Gasteiger partial charge in [-0.05, 0) is 31.4 Å². The predicted octanol–water partition coefficient (Wildman–Crippen LogP) is 2.87. The quantitative estimate of drug-likeness (QED) is 0.921. The molecule has 106 valence electrons. The molecule has 0 spiro atoms. The molecule has 1 atom stereocenters. The Kier molecular flexibility index (Phi) is 4.28. The molecule has 0 bridgehead atoms. The van der Waals surface area contributed by atoms with Crippen LogP contribution >= 0.6 is 11.3 Å². The molecule has 1 unspecified atom stereocenters. The van der Waals surface area contributed by atoms with E-state index in [0.29, 0.717) is 13.0 Å². The lowest BCUT2D eigenvalue weighted by atomic mass is 10.1. The van der Waals surface area contributed by atoms with Crippen molar-refractivity contribution >= 4 is 27.5 Å². The molecule has 1 N–H and O–H groups in total. The highest BCUT2D eigenvalue weighted by Gasteiger charge is 2.16. The Morgan fingerprint density at radius 3 is 3.15 bits per heavy atom. The molecule has 2 heterocycles. The SMILES string of the molecule is O=C(CCC1CCCO1)NCc1nc2ccccc2s1. The molecule has 1 aromatic carbocycles. The van der Waals surface area contributed by atoms with Crippen LogP contribution in [-0.4, -0.2) is 23.6 Å². The molecule has 0 aliphatic carbocycles. The van der Waals surface area contributed by atoms with Gasteiger partial charge < -0.3 is 10.1 Å². The Balaban J connectivity index is 1.47. The highest BCUT2D eigenvalue weighted by Crippen LogP contribution is 2.21. The van der Waals surface area contributed by atoms with E-state index in [2.05, 4.69) is 16.4 Å². The minimum absolute atomic E-state index is 0.0831. The number of ether oxygens (including phenoxy) is 1. The van der Waals surface area contributed by atoms with Crippen molar-refractivity contribution in [3.05, 3.63) is 29.3 Å². The Labute approximate surface area is 122 Å². The first kappa shape index (κ1) is 13.5. The van der Waals surface area contributed by atoms with Gasteiger partial charge in [-0.1, -0.05) is 12.1 Å². The predicted molar refractivity (Wildman–Crippen MR) is 79.7 cm³/mol. The monoisotopic (exact) mass is 290 g/mol. The van der Waals surface area contributed by atoms with Crippen molar-refractivity contribution < 1.29 is 9.53 Å². The summed E-state index contributed by atoms with van der Waals surface area (Å²) in [6.07, 6.45) is 3.85. The van der Waals surface area contributed by atoms with Gasteiger partial charge in [0.15, 0.2) is 0 Å². The maximum atomic E-state index is 11.8. The van der Waals surface area contributed by atoms with E-state index in [9.17, 15) is 4.79 Å². The first-order valence-corrected chi connectivity index (χ1v) is 7.85. The number of aromatic nitrogens is 1. The number of nitrogens with zero attached hydrogens (tertiary/aromatic N) is 1. The van der Waals surface area contributed by atoms with E-state index in [0.717, 1.165) is 41.1 Å². The second kappa shape index (κ2) is 6.33. The zero-order valence-electron chi connectivity index (χ0n) is 11.3. The normalized spacial score (nSPS) is 18.5. The molecule has 1 saturated heterocycles. The number of rotatable bonds is 5. The number of fused-ring (bicyclic) bond motifs is 1. The van der Waals surface area contributed by atoms with Crippen molar-refractivity contribution in [3.63, 3.8) is 0 Å². The summed E-state index contributed by atoms with van der Waals surface area (Å²) < 4.78 is 6.68. The Morgan fingerprint density at radius 2 is 2.35 bits per heavy atom. The fourth-order valence-electron chi connectivity index (χ4n) is 2.42. The molecule has 1 aliphatic heterocycles. The molecule has 20 heavy (non-hydrogen) atoms. The van der Waals surface area contributed by atoms with E-state index < -0.39 is 0 Å². The van der Waals surface area contributed by atoms with Crippen LogP contribution in [0.15, 0.2) is 24.3 Å². The Bertz CT molecular complexity index is 557. The average Bonchev–Trinajstić information content (AvgIpc) is 3.11. The second-order valence-corrected chi connectivity index (χ2v) is 6.14. The van der Waals surface area contributed by atoms with E-state index in [1.165, 1.54) is 0 Å². The summed E-state index contributed by atoms with van der Waals surface area (Å²) in [5.74, 6) is 0.0831. The Morgan fingerprint density at radius 1 is 1.45 bits per heavy atom. The lowest BCUT2D eigenvalue weighted by Crippen LogP contribution is -2.23. The fourth-order valence-corrected chi connectivity index (χ4v) is 3.33. The van der Waals surface area contributed by atoms with Crippen LogP contribution in [0.4, 0.5) is 0 Å². The van der Waals surface area contributed by atoms with Gasteiger partial charge in [0.2, 0.25) is 5.91 Å². The largest absolute Gasteiger partial charge is 0.378 e. The highest BCUT2D eigenvalue weighted by atomic mass is 32.1. The smallest absolute Gasteiger partial charge is 0.220 e. The molecule has 5 heteroatoms. The molecule has 1 amide bonds. The van der Waals surface area contributed by atoms with E-state index in [-0.39, 0.29) is 12.0 Å². The summed E-state index contributed by atoms with van der Waals surface area (Å²) in [5.41, 5.74) is 1.00.